The highest BCUT2D eigenvalue weighted by Gasteiger charge is 2.34. The predicted molar refractivity (Wildman–Crippen MR) is 92.7 cm³/mol. The fourth-order valence-electron chi connectivity index (χ4n) is 3.38. The minimum absolute atomic E-state index is 0.229. The van der Waals surface area contributed by atoms with E-state index in [1.54, 1.807) is 0 Å². The lowest BCUT2D eigenvalue weighted by molar-refractivity contribution is 0.132. The Balaban J connectivity index is 1.89. The zero-order valence-corrected chi connectivity index (χ0v) is 15.2. The van der Waals surface area contributed by atoms with Crippen LogP contribution in [0.25, 0.3) is 0 Å². The highest BCUT2D eigenvalue weighted by atomic mass is 15.1. The van der Waals surface area contributed by atoms with Crippen molar-refractivity contribution in [2.75, 3.05) is 26.2 Å². The molecular weight excluding hydrogens is 256 g/mol. The first kappa shape index (κ1) is 17.3. The van der Waals surface area contributed by atoms with E-state index < -0.39 is 0 Å². The van der Waals surface area contributed by atoms with Crippen molar-refractivity contribution in [3.8, 4) is 0 Å². The second-order valence-corrected chi connectivity index (χ2v) is 9.25. The van der Waals surface area contributed by atoms with Crippen molar-refractivity contribution in [2.45, 2.75) is 78.7 Å². The van der Waals surface area contributed by atoms with E-state index in [1.165, 1.54) is 58.2 Å². The molecule has 2 aliphatic rings. The molecule has 0 amide bonds. The van der Waals surface area contributed by atoms with Gasteiger partial charge < -0.3 is 10.2 Å². The largest absolute Gasteiger partial charge is 0.311 e. The molecule has 21 heavy (non-hydrogen) atoms. The molecule has 0 saturated heterocycles. The molecule has 2 nitrogen and oxygen atoms in total. The number of nitrogens with zero attached hydrogens (tertiary/aromatic N) is 1. The monoisotopic (exact) mass is 294 g/mol. The van der Waals surface area contributed by atoms with E-state index in [4.69, 9.17) is 0 Å². The zero-order chi connectivity index (χ0) is 15.5. The number of hydrogen-bond acceptors (Lipinski definition) is 2. The van der Waals surface area contributed by atoms with Crippen LogP contribution in [0, 0.1) is 17.3 Å². The van der Waals surface area contributed by atoms with E-state index >= 15 is 0 Å². The van der Waals surface area contributed by atoms with E-state index in [2.05, 4.69) is 44.8 Å². The van der Waals surface area contributed by atoms with E-state index in [0.29, 0.717) is 5.41 Å². The molecule has 2 heteroatoms. The van der Waals surface area contributed by atoms with Gasteiger partial charge in [0.25, 0.3) is 0 Å². The molecule has 0 spiro atoms. The van der Waals surface area contributed by atoms with Crippen molar-refractivity contribution in [2.24, 2.45) is 17.3 Å². The quantitative estimate of drug-likeness (QED) is 0.646. The van der Waals surface area contributed by atoms with Gasteiger partial charge in [-0.2, -0.15) is 0 Å². The maximum atomic E-state index is 3.76. The summed E-state index contributed by atoms with van der Waals surface area (Å²) in [6.07, 6.45) is 8.54. The maximum absolute atomic E-state index is 3.76. The van der Waals surface area contributed by atoms with Gasteiger partial charge in [-0.1, -0.05) is 20.3 Å². The second-order valence-electron chi connectivity index (χ2n) is 9.25. The molecule has 1 N–H and O–H groups in total. The Morgan fingerprint density at radius 3 is 1.86 bits per heavy atom. The Kier molecular flexibility index (Phi) is 5.76. The van der Waals surface area contributed by atoms with Crippen LogP contribution in [0.4, 0.5) is 0 Å². The molecule has 0 aromatic carbocycles. The van der Waals surface area contributed by atoms with Gasteiger partial charge in [-0.25, -0.2) is 0 Å². The third kappa shape index (κ3) is 7.15. The number of nitrogens with one attached hydrogen (secondary N) is 1. The lowest BCUT2D eigenvalue weighted by atomic mass is 9.83. The van der Waals surface area contributed by atoms with Crippen molar-refractivity contribution in [3.63, 3.8) is 0 Å². The summed E-state index contributed by atoms with van der Waals surface area (Å²) in [5, 5.41) is 3.76. The Labute approximate surface area is 133 Å². The van der Waals surface area contributed by atoms with Crippen LogP contribution in [0.15, 0.2) is 0 Å². The van der Waals surface area contributed by atoms with Crippen molar-refractivity contribution in [3.05, 3.63) is 0 Å². The smallest absolute Gasteiger partial charge is 0.00967 e. The maximum Gasteiger partial charge on any atom is 0.00967 e. The molecule has 0 aromatic heterocycles. The standard InChI is InChI=1S/C19H38N2/c1-6-11-19(5,14-20-18(2,3)4)15-21(12-16-7-8-16)13-17-9-10-17/h16-17,20H,6-15H2,1-5H3. The molecule has 1 unspecified atom stereocenters. The number of rotatable bonds is 10. The van der Waals surface area contributed by atoms with Gasteiger partial charge in [-0.15, -0.1) is 0 Å². The Bertz CT molecular complexity index is 298. The van der Waals surface area contributed by atoms with Gasteiger partial charge in [0.15, 0.2) is 0 Å². The van der Waals surface area contributed by atoms with E-state index in [1.807, 2.05) is 0 Å². The molecular formula is C19H38N2. The first-order valence-electron chi connectivity index (χ1n) is 9.27. The van der Waals surface area contributed by atoms with Crippen LogP contribution in [-0.2, 0) is 0 Å². The minimum Gasteiger partial charge on any atom is -0.311 e. The van der Waals surface area contributed by atoms with Gasteiger partial charge in [-0.05, 0) is 70.1 Å². The van der Waals surface area contributed by atoms with Crippen LogP contribution in [0.3, 0.4) is 0 Å². The molecule has 2 aliphatic carbocycles. The Hall–Kier alpha value is -0.0800. The van der Waals surface area contributed by atoms with Crippen molar-refractivity contribution in [1.29, 1.82) is 0 Å². The topological polar surface area (TPSA) is 15.3 Å². The minimum atomic E-state index is 0.229. The fourth-order valence-corrected chi connectivity index (χ4v) is 3.38. The summed E-state index contributed by atoms with van der Waals surface area (Å²) in [4.78, 5) is 2.81. The summed E-state index contributed by atoms with van der Waals surface area (Å²) in [5.41, 5.74) is 0.651. The van der Waals surface area contributed by atoms with Crippen LogP contribution >= 0.6 is 0 Å². The van der Waals surface area contributed by atoms with Gasteiger partial charge in [-0.3, -0.25) is 0 Å². The van der Waals surface area contributed by atoms with E-state index in [9.17, 15) is 0 Å². The molecule has 2 fully saturated rings. The summed E-state index contributed by atoms with van der Waals surface area (Å²) in [5.74, 6) is 2.04. The number of hydrogen-bond donors (Lipinski definition) is 1. The molecule has 0 radical (unpaired) electrons. The molecule has 2 saturated carbocycles. The van der Waals surface area contributed by atoms with Gasteiger partial charge in [0, 0.05) is 31.7 Å². The van der Waals surface area contributed by atoms with E-state index in [-0.39, 0.29) is 5.54 Å². The van der Waals surface area contributed by atoms with Crippen molar-refractivity contribution >= 4 is 0 Å². The van der Waals surface area contributed by atoms with Gasteiger partial charge in [0.05, 0.1) is 0 Å². The third-order valence-electron chi connectivity index (χ3n) is 4.93. The summed E-state index contributed by atoms with van der Waals surface area (Å²) >= 11 is 0. The van der Waals surface area contributed by atoms with Crippen molar-refractivity contribution < 1.29 is 0 Å². The Morgan fingerprint density at radius 2 is 1.48 bits per heavy atom. The van der Waals surface area contributed by atoms with Gasteiger partial charge in [0.1, 0.15) is 0 Å². The Morgan fingerprint density at radius 1 is 0.952 bits per heavy atom. The lowest BCUT2D eigenvalue weighted by Crippen LogP contribution is -2.48. The fraction of sp³-hybridized carbons (Fsp3) is 1.00. The summed E-state index contributed by atoms with van der Waals surface area (Å²) in [6, 6.07) is 0. The van der Waals surface area contributed by atoms with Crippen LogP contribution < -0.4 is 5.32 Å². The molecule has 1 atom stereocenters. The predicted octanol–water partition coefficient (Wildman–Crippen LogP) is 4.30. The van der Waals surface area contributed by atoms with Crippen LogP contribution in [0.1, 0.15) is 73.1 Å². The average Bonchev–Trinajstić information content (AvgIpc) is 3.22. The van der Waals surface area contributed by atoms with Crippen LogP contribution in [0.2, 0.25) is 0 Å². The van der Waals surface area contributed by atoms with Crippen molar-refractivity contribution in [1.82, 2.24) is 10.2 Å². The van der Waals surface area contributed by atoms with Crippen LogP contribution in [-0.4, -0.2) is 36.6 Å². The van der Waals surface area contributed by atoms with Crippen LogP contribution in [0.5, 0.6) is 0 Å². The molecule has 2 rings (SSSR count). The van der Waals surface area contributed by atoms with Gasteiger partial charge >= 0.3 is 0 Å². The second kappa shape index (κ2) is 7.00. The van der Waals surface area contributed by atoms with Gasteiger partial charge in [0.2, 0.25) is 0 Å². The summed E-state index contributed by atoms with van der Waals surface area (Å²) < 4.78 is 0. The normalized spacial score (nSPS) is 22.6. The molecule has 0 bridgehead atoms. The molecule has 124 valence electrons. The summed E-state index contributed by atoms with van der Waals surface area (Å²) in [6.45, 7) is 16.9. The molecule has 0 aliphatic heterocycles. The highest BCUT2D eigenvalue weighted by molar-refractivity contribution is 4.88. The first-order chi connectivity index (χ1) is 9.80. The highest BCUT2D eigenvalue weighted by Crippen LogP contribution is 2.35. The average molecular weight is 295 g/mol. The first-order valence-corrected chi connectivity index (χ1v) is 9.27. The van der Waals surface area contributed by atoms with E-state index in [0.717, 1.165) is 18.4 Å². The third-order valence-corrected chi connectivity index (χ3v) is 4.93. The SMILES string of the molecule is CCCC(C)(CNC(C)(C)C)CN(CC1CC1)CC1CC1. The molecule has 0 heterocycles. The summed E-state index contributed by atoms with van der Waals surface area (Å²) in [7, 11) is 0. The molecule has 0 aromatic rings. The lowest BCUT2D eigenvalue weighted by Gasteiger charge is -2.38. The zero-order valence-electron chi connectivity index (χ0n) is 15.2.